The number of carbonyl (C=O) groups is 1. The summed E-state index contributed by atoms with van der Waals surface area (Å²) in [5.41, 5.74) is 1.60. The van der Waals surface area contributed by atoms with E-state index >= 15 is 0 Å². The summed E-state index contributed by atoms with van der Waals surface area (Å²) in [5.74, 6) is 0.249. The van der Waals surface area contributed by atoms with Crippen LogP contribution in [-0.2, 0) is 9.53 Å². The third-order valence-corrected chi connectivity index (χ3v) is 3.46. The molecule has 0 aromatic carbocycles. The summed E-state index contributed by atoms with van der Waals surface area (Å²) in [5, 5.41) is 0. The van der Waals surface area contributed by atoms with Crippen LogP contribution in [0.5, 0.6) is 0 Å². The zero-order valence-electron chi connectivity index (χ0n) is 11.5. The van der Waals surface area contributed by atoms with Gasteiger partial charge in [0, 0.05) is 12.0 Å². The average molecular weight is 246 g/mol. The van der Waals surface area contributed by atoms with Gasteiger partial charge < -0.3 is 4.74 Å². The van der Waals surface area contributed by atoms with E-state index in [4.69, 9.17) is 4.74 Å². The molecule has 0 amide bonds. The van der Waals surface area contributed by atoms with Gasteiger partial charge in [0.1, 0.15) is 5.76 Å². The first-order chi connectivity index (χ1) is 8.36. The molecule has 0 radical (unpaired) electrons. The summed E-state index contributed by atoms with van der Waals surface area (Å²) in [6.07, 6.45) is 9.56. The molecule has 98 valence electrons. The maximum atomic E-state index is 11.0. The first kappa shape index (κ1) is 14.5. The second-order valence-corrected chi connectivity index (χ2v) is 5.40. The van der Waals surface area contributed by atoms with Crippen LogP contribution in [0.1, 0.15) is 33.6 Å². The molecule has 2 heteroatoms. The molecule has 2 nitrogen and oxygen atoms in total. The molecule has 18 heavy (non-hydrogen) atoms. The van der Waals surface area contributed by atoms with Gasteiger partial charge in [-0.05, 0) is 31.3 Å². The standard InChI is InChI=1S/C16H22O2/c1-6-15(17)18-13(3)9-10-14-12(2)8-7-11-16(14,4)5/h6,8-10,14H,1,3,7,11H2,2,4-5H3. The lowest BCUT2D eigenvalue weighted by Crippen LogP contribution is -2.26. The number of ether oxygens (including phenoxy) is 1. The van der Waals surface area contributed by atoms with Crippen molar-refractivity contribution in [3.05, 3.63) is 48.8 Å². The van der Waals surface area contributed by atoms with Crippen LogP contribution in [0.15, 0.2) is 48.8 Å². The lowest BCUT2D eigenvalue weighted by Gasteiger charge is -2.36. The van der Waals surface area contributed by atoms with E-state index in [0.29, 0.717) is 11.7 Å². The van der Waals surface area contributed by atoms with Gasteiger partial charge in [-0.15, -0.1) is 0 Å². The third-order valence-electron chi connectivity index (χ3n) is 3.46. The Labute approximate surface area is 110 Å². The van der Waals surface area contributed by atoms with Crippen LogP contribution in [0.3, 0.4) is 0 Å². The van der Waals surface area contributed by atoms with E-state index in [2.05, 4.69) is 46.1 Å². The Balaban J connectivity index is 2.73. The molecule has 0 N–H and O–H groups in total. The van der Waals surface area contributed by atoms with Gasteiger partial charge in [-0.2, -0.15) is 0 Å². The summed E-state index contributed by atoms with van der Waals surface area (Å²) >= 11 is 0. The molecular formula is C16H22O2. The van der Waals surface area contributed by atoms with Gasteiger partial charge in [0.15, 0.2) is 0 Å². The van der Waals surface area contributed by atoms with E-state index in [1.165, 1.54) is 5.57 Å². The van der Waals surface area contributed by atoms with Crippen LogP contribution in [0.4, 0.5) is 0 Å². The van der Waals surface area contributed by atoms with Gasteiger partial charge in [0.05, 0.1) is 0 Å². The fraction of sp³-hybridized carbons (Fsp3) is 0.438. The van der Waals surface area contributed by atoms with E-state index in [1.54, 1.807) is 6.08 Å². The first-order valence-electron chi connectivity index (χ1n) is 6.25. The second-order valence-electron chi connectivity index (χ2n) is 5.40. The second kappa shape index (κ2) is 5.85. The van der Waals surface area contributed by atoms with E-state index in [0.717, 1.165) is 18.9 Å². The highest BCUT2D eigenvalue weighted by molar-refractivity contribution is 5.82. The van der Waals surface area contributed by atoms with Crippen LogP contribution in [-0.4, -0.2) is 5.97 Å². The number of carbonyl (C=O) groups excluding carboxylic acids is 1. The average Bonchev–Trinajstić information content (AvgIpc) is 2.27. The van der Waals surface area contributed by atoms with Gasteiger partial charge in [0.25, 0.3) is 0 Å². The Kier molecular flexibility index (Phi) is 4.71. The van der Waals surface area contributed by atoms with Crippen LogP contribution in [0, 0.1) is 11.3 Å². The van der Waals surface area contributed by atoms with Crippen molar-refractivity contribution < 1.29 is 9.53 Å². The summed E-state index contributed by atoms with van der Waals surface area (Å²) in [6.45, 7) is 13.7. The summed E-state index contributed by atoms with van der Waals surface area (Å²) in [6, 6.07) is 0. The maximum absolute atomic E-state index is 11.0. The number of hydrogen-bond donors (Lipinski definition) is 0. The van der Waals surface area contributed by atoms with E-state index in [1.807, 2.05) is 0 Å². The molecule has 1 aliphatic rings. The molecule has 0 saturated heterocycles. The Morgan fingerprint density at radius 1 is 1.56 bits per heavy atom. The minimum absolute atomic E-state index is 0.234. The molecule has 0 saturated carbocycles. The summed E-state index contributed by atoms with van der Waals surface area (Å²) in [4.78, 5) is 11.0. The molecule has 0 fully saturated rings. The van der Waals surface area contributed by atoms with Crippen molar-refractivity contribution in [1.82, 2.24) is 0 Å². The van der Waals surface area contributed by atoms with Gasteiger partial charge in [-0.25, -0.2) is 4.79 Å². The topological polar surface area (TPSA) is 26.3 Å². The Morgan fingerprint density at radius 2 is 2.22 bits per heavy atom. The molecule has 0 aromatic rings. The number of rotatable bonds is 4. The van der Waals surface area contributed by atoms with E-state index < -0.39 is 5.97 Å². The van der Waals surface area contributed by atoms with Crippen molar-refractivity contribution in [1.29, 1.82) is 0 Å². The van der Waals surface area contributed by atoms with Gasteiger partial charge in [-0.3, -0.25) is 0 Å². The van der Waals surface area contributed by atoms with Crippen molar-refractivity contribution in [3.8, 4) is 0 Å². The van der Waals surface area contributed by atoms with Crippen molar-refractivity contribution in [3.63, 3.8) is 0 Å². The van der Waals surface area contributed by atoms with Gasteiger partial charge >= 0.3 is 5.97 Å². The minimum Gasteiger partial charge on any atom is -0.424 e. The van der Waals surface area contributed by atoms with Crippen molar-refractivity contribution in [2.45, 2.75) is 33.6 Å². The van der Waals surface area contributed by atoms with Crippen LogP contribution in [0.25, 0.3) is 0 Å². The molecule has 0 spiro atoms. The minimum atomic E-state index is -0.472. The predicted molar refractivity (Wildman–Crippen MR) is 74.8 cm³/mol. The van der Waals surface area contributed by atoms with Crippen molar-refractivity contribution in [2.75, 3.05) is 0 Å². The molecule has 0 heterocycles. The van der Waals surface area contributed by atoms with E-state index in [9.17, 15) is 4.79 Å². The van der Waals surface area contributed by atoms with Crippen molar-refractivity contribution >= 4 is 5.97 Å². The predicted octanol–water partition coefficient (Wildman–Crippen LogP) is 4.17. The summed E-state index contributed by atoms with van der Waals surface area (Å²) in [7, 11) is 0. The van der Waals surface area contributed by atoms with E-state index in [-0.39, 0.29) is 5.41 Å². The molecule has 1 atom stereocenters. The molecular weight excluding hydrogens is 224 g/mol. The molecule has 1 unspecified atom stereocenters. The summed E-state index contributed by atoms with van der Waals surface area (Å²) < 4.78 is 4.94. The lowest BCUT2D eigenvalue weighted by atomic mass is 9.68. The van der Waals surface area contributed by atoms with Crippen molar-refractivity contribution in [2.24, 2.45) is 11.3 Å². The zero-order chi connectivity index (χ0) is 13.8. The highest BCUT2D eigenvalue weighted by atomic mass is 16.5. The highest BCUT2D eigenvalue weighted by Gasteiger charge is 2.30. The monoisotopic (exact) mass is 246 g/mol. The SMILES string of the molecule is C=CC(=O)OC(=C)C=CC1C(C)=CCCC1(C)C. The zero-order valence-corrected chi connectivity index (χ0v) is 11.5. The van der Waals surface area contributed by atoms with Crippen LogP contribution in [0.2, 0.25) is 0 Å². The number of hydrogen-bond acceptors (Lipinski definition) is 2. The highest BCUT2D eigenvalue weighted by Crippen LogP contribution is 2.41. The largest absolute Gasteiger partial charge is 0.424 e. The Morgan fingerprint density at radius 3 is 2.78 bits per heavy atom. The number of esters is 1. The fourth-order valence-corrected chi connectivity index (χ4v) is 2.39. The fourth-order valence-electron chi connectivity index (χ4n) is 2.39. The van der Waals surface area contributed by atoms with Crippen LogP contribution < -0.4 is 0 Å². The molecule has 0 bridgehead atoms. The third kappa shape index (κ3) is 3.73. The normalized spacial score (nSPS) is 22.4. The van der Waals surface area contributed by atoms with Gasteiger partial charge in [-0.1, -0.05) is 44.7 Å². The Hall–Kier alpha value is -1.57. The smallest absolute Gasteiger partial charge is 0.335 e. The molecule has 1 aliphatic carbocycles. The first-order valence-corrected chi connectivity index (χ1v) is 6.25. The maximum Gasteiger partial charge on any atom is 0.335 e. The lowest BCUT2D eigenvalue weighted by molar-refractivity contribution is -0.133. The molecule has 1 rings (SSSR count). The molecule has 0 aromatic heterocycles. The molecule has 0 aliphatic heterocycles. The quantitative estimate of drug-likeness (QED) is 0.245. The van der Waals surface area contributed by atoms with Crippen LogP contribution >= 0.6 is 0 Å². The van der Waals surface area contributed by atoms with Gasteiger partial charge in [0.2, 0.25) is 0 Å². The Bertz CT molecular complexity index is 411. The number of allylic oxidation sites excluding steroid dienone is 4.